The number of carboxylic acid groups (broad SMARTS) is 1. The number of anilines is 1. The van der Waals surface area contributed by atoms with Gasteiger partial charge in [0.05, 0.1) is 5.56 Å². The highest BCUT2D eigenvalue weighted by atomic mass is 16.4. The van der Waals surface area contributed by atoms with E-state index in [2.05, 4.69) is 10.3 Å². The summed E-state index contributed by atoms with van der Waals surface area (Å²) in [7, 11) is 0. The fraction of sp³-hybridized carbons (Fsp3) is 0.364. The summed E-state index contributed by atoms with van der Waals surface area (Å²) in [5, 5.41) is 11.6. The van der Waals surface area contributed by atoms with Crippen LogP contribution in [0.3, 0.4) is 0 Å². The minimum absolute atomic E-state index is 0.00474. The van der Waals surface area contributed by atoms with Crippen LogP contribution in [0.2, 0.25) is 0 Å². The number of carbonyl (C=O) groups excluding carboxylic acids is 1. The van der Waals surface area contributed by atoms with E-state index in [0.29, 0.717) is 17.9 Å². The van der Waals surface area contributed by atoms with Crippen LogP contribution in [0.15, 0.2) is 18.3 Å². The summed E-state index contributed by atoms with van der Waals surface area (Å²) in [6.07, 6.45) is 1.49. The normalized spacial score (nSPS) is 11.8. The highest BCUT2D eigenvalue weighted by Crippen LogP contribution is 2.07. The van der Waals surface area contributed by atoms with Crippen LogP contribution in [0.25, 0.3) is 0 Å². The first kappa shape index (κ1) is 13.0. The van der Waals surface area contributed by atoms with E-state index in [-0.39, 0.29) is 12.3 Å². The van der Waals surface area contributed by atoms with Crippen LogP contribution in [0.4, 0.5) is 5.82 Å². The number of amides is 1. The SMILES string of the molecule is CC(CNc1ccc(C(N)=O)cn1)CC(=O)O. The molecule has 1 amide bonds. The summed E-state index contributed by atoms with van der Waals surface area (Å²) < 4.78 is 0. The molecule has 6 nitrogen and oxygen atoms in total. The van der Waals surface area contributed by atoms with Crippen molar-refractivity contribution in [3.05, 3.63) is 23.9 Å². The molecule has 0 fully saturated rings. The molecule has 0 saturated heterocycles. The van der Waals surface area contributed by atoms with Crippen molar-refractivity contribution < 1.29 is 14.7 Å². The minimum Gasteiger partial charge on any atom is -0.481 e. The standard InChI is InChI=1S/C11H15N3O3/c1-7(4-10(15)16)5-13-9-3-2-8(6-14-9)11(12)17/h2-3,6-7H,4-5H2,1H3,(H2,12,17)(H,13,14)(H,15,16). The van der Waals surface area contributed by atoms with Crippen molar-refractivity contribution in [2.45, 2.75) is 13.3 Å². The Hall–Kier alpha value is -2.11. The van der Waals surface area contributed by atoms with Gasteiger partial charge in [0, 0.05) is 19.2 Å². The summed E-state index contributed by atoms with van der Waals surface area (Å²) in [6.45, 7) is 2.34. The van der Waals surface area contributed by atoms with Gasteiger partial charge in [-0.25, -0.2) is 4.98 Å². The van der Waals surface area contributed by atoms with Crippen molar-refractivity contribution in [3.8, 4) is 0 Å². The lowest BCUT2D eigenvalue weighted by Crippen LogP contribution is -2.16. The molecule has 1 atom stereocenters. The molecular formula is C11H15N3O3. The predicted molar refractivity (Wildman–Crippen MR) is 62.7 cm³/mol. The number of carboxylic acids is 1. The molecule has 0 aliphatic carbocycles. The van der Waals surface area contributed by atoms with Crippen LogP contribution in [0, 0.1) is 5.92 Å². The van der Waals surface area contributed by atoms with E-state index in [1.165, 1.54) is 6.20 Å². The van der Waals surface area contributed by atoms with Crippen molar-refractivity contribution in [1.82, 2.24) is 4.98 Å². The van der Waals surface area contributed by atoms with Crippen LogP contribution in [-0.2, 0) is 4.79 Å². The van der Waals surface area contributed by atoms with E-state index in [0.717, 1.165) is 0 Å². The van der Waals surface area contributed by atoms with Crippen molar-refractivity contribution >= 4 is 17.7 Å². The number of primary amides is 1. The Labute approximate surface area is 98.8 Å². The molecule has 92 valence electrons. The number of nitrogens with one attached hydrogen (secondary N) is 1. The Morgan fingerprint density at radius 1 is 1.53 bits per heavy atom. The van der Waals surface area contributed by atoms with Gasteiger partial charge in [-0.3, -0.25) is 9.59 Å². The average Bonchev–Trinajstić information content (AvgIpc) is 2.26. The van der Waals surface area contributed by atoms with Gasteiger partial charge in [-0.2, -0.15) is 0 Å². The van der Waals surface area contributed by atoms with Crippen molar-refractivity contribution in [2.24, 2.45) is 11.7 Å². The van der Waals surface area contributed by atoms with E-state index < -0.39 is 11.9 Å². The first-order valence-electron chi connectivity index (χ1n) is 5.20. The largest absolute Gasteiger partial charge is 0.481 e. The van der Waals surface area contributed by atoms with Crippen LogP contribution >= 0.6 is 0 Å². The third kappa shape index (κ3) is 4.50. The number of nitrogens with zero attached hydrogens (tertiary/aromatic N) is 1. The van der Waals surface area contributed by atoms with Crippen LogP contribution in [0.1, 0.15) is 23.7 Å². The number of aromatic nitrogens is 1. The van der Waals surface area contributed by atoms with Crippen molar-refractivity contribution in [2.75, 3.05) is 11.9 Å². The Kier molecular flexibility index (Phi) is 4.45. The highest BCUT2D eigenvalue weighted by molar-refractivity contribution is 5.92. The summed E-state index contributed by atoms with van der Waals surface area (Å²) in [4.78, 5) is 25.2. The number of carbonyl (C=O) groups is 2. The van der Waals surface area contributed by atoms with Gasteiger partial charge < -0.3 is 16.2 Å². The monoisotopic (exact) mass is 237 g/mol. The molecule has 0 bridgehead atoms. The number of nitrogens with two attached hydrogens (primary N) is 1. The number of pyridine rings is 1. The van der Waals surface area contributed by atoms with Gasteiger partial charge in [-0.1, -0.05) is 6.92 Å². The lowest BCUT2D eigenvalue weighted by molar-refractivity contribution is -0.137. The van der Waals surface area contributed by atoms with E-state index >= 15 is 0 Å². The molecule has 1 heterocycles. The van der Waals surface area contributed by atoms with Gasteiger partial charge >= 0.3 is 5.97 Å². The zero-order chi connectivity index (χ0) is 12.8. The molecular weight excluding hydrogens is 222 g/mol. The second-order valence-corrected chi connectivity index (χ2v) is 3.88. The number of aliphatic carboxylic acids is 1. The van der Waals surface area contributed by atoms with Gasteiger partial charge in [-0.15, -0.1) is 0 Å². The number of hydrogen-bond donors (Lipinski definition) is 3. The second kappa shape index (κ2) is 5.83. The van der Waals surface area contributed by atoms with Crippen LogP contribution in [-0.4, -0.2) is 28.5 Å². The predicted octanol–water partition coefficient (Wildman–Crippen LogP) is 0.703. The Bertz CT molecular complexity index is 403. The number of hydrogen-bond acceptors (Lipinski definition) is 4. The fourth-order valence-electron chi connectivity index (χ4n) is 1.29. The second-order valence-electron chi connectivity index (χ2n) is 3.88. The Morgan fingerprint density at radius 3 is 2.71 bits per heavy atom. The zero-order valence-electron chi connectivity index (χ0n) is 9.51. The van der Waals surface area contributed by atoms with Gasteiger partial charge in [-0.05, 0) is 18.1 Å². The maximum atomic E-state index is 10.8. The highest BCUT2D eigenvalue weighted by Gasteiger charge is 2.07. The van der Waals surface area contributed by atoms with E-state index in [4.69, 9.17) is 10.8 Å². The smallest absolute Gasteiger partial charge is 0.303 e. The third-order valence-corrected chi connectivity index (χ3v) is 2.20. The molecule has 1 aromatic rings. The molecule has 6 heteroatoms. The van der Waals surface area contributed by atoms with Crippen LogP contribution in [0.5, 0.6) is 0 Å². The Morgan fingerprint density at radius 2 is 2.24 bits per heavy atom. The summed E-state index contributed by atoms with van der Waals surface area (Å²) >= 11 is 0. The first-order valence-corrected chi connectivity index (χ1v) is 5.20. The average molecular weight is 237 g/mol. The third-order valence-electron chi connectivity index (χ3n) is 2.20. The maximum absolute atomic E-state index is 10.8. The van der Waals surface area contributed by atoms with Crippen molar-refractivity contribution in [3.63, 3.8) is 0 Å². The van der Waals surface area contributed by atoms with E-state index in [9.17, 15) is 9.59 Å². The fourth-order valence-corrected chi connectivity index (χ4v) is 1.29. The Balaban J connectivity index is 2.47. The summed E-state index contributed by atoms with van der Waals surface area (Å²) in [5.41, 5.74) is 5.42. The van der Waals surface area contributed by atoms with Crippen LogP contribution < -0.4 is 11.1 Å². The van der Waals surface area contributed by atoms with E-state index in [1.807, 2.05) is 6.92 Å². The molecule has 0 aliphatic rings. The quantitative estimate of drug-likeness (QED) is 0.675. The number of rotatable bonds is 6. The summed E-state index contributed by atoms with van der Waals surface area (Å²) in [6, 6.07) is 3.20. The van der Waals surface area contributed by atoms with Gasteiger partial charge in [0.2, 0.25) is 5.91 Å². The van der Waals surface area contributed by atoms with Crippen molar-refractivity contribution in [1.29, 1.82) is 0 Å². The first-order chi connectivity index (χ1) is 7.99. The molecule has 4 N–H and O–H groups in total. The molecule has 1 rings (SSSR count). The van der Waals surface area contributed by atoms with Gasteiger partial charge in [0.15, 0.2) is 0 Å². The molecule has 1 aromatic heterocycles. The van der Waals surface area contributed by atoms with E-state index in [1.54, 1.807) is 12.1 Å². The molecule has 17 heavy (non-hydrogen) atoms. The molecule has 0 aliphatic heterocycles. The molecule has 0 radical (unpaired) electrons. The lowest BCUT2D eigenvalue weighted by atomic mass is 10.1. The van der Waals surface area contributed by atoms with Gasteiger partial charge in [0.25, 0.3) is 0 Å². The topological polar surface area (TPSA) is 105 Å². The summed E-state index contributed by atoms with van der Waals surface area (Å²) in [5.74, 6) is -0.753. The molecule has 0 spiro atoms. The van der Waals surface area contributed by atoms with Gasteiger partial charge in [0.1, 0.15) is 5.82 Å². The zero-order valence-corrected chi connectivity index (χ0v) is 9.51. The maximum Gasteiger partial charge on any atom is 0.303 e. The molecule has 0 saturated carbocycles. The lowest BCUT2D eigenvalue weighted by Gasteiger charge is -2.10. The molecule has 1 unspecified atom stereocenters. The minimum atomic E-state index is -0.823. The molecule has 0 aromatic carbocycles.